The van der Waals surface area contributed by atoms with Gasteiger partial charge in [0.1, 0.15) is 11.4 Å². The van der Waals surface area contributed by atoms with E-state index in [1.807, 2.05) is 45.9 Å². The summed E-state index contributed by atoms with van der Waals surface area (Å²) in [6.45, 7) is 4.22. The molecule has 2 amide bonds. The number of fused-ring (bicyclic) bond motifs is 2. The smallest absolute Gasteiger partial charge is 0.277 e. The molecule has 0 bridgehead atoms. The van der Waals surface area contributed by atoms with Gasteiger partial charge in [0.2, 0.25) is 0 Å². The predicted molar refractivity (Wildman–Crippen MR) is 130 cm³/mol. The molecule has 0 unspecified atom stereocenters. The van der Waals surface area contributed by atoms with Crippen molar-refractivity contribution in [3.8, 4) is 0 Å². The van der Waals surface area contributed by atoms with Crippen LogP contribution in [0.1, 0.15) is 30.4 Å². The molecule has 1 N–H and O–H groups in total. The zero-order valence-electron chi connectivity index (χ0n) is 18.7. The number of benzene rings is 2. The molecule has 168 valence electrons. The second-order valence-corrected chi connectivity index (χ2v) is 9.20. The van der Waals surface area contributed by atoms with Gasteiger partial charge in [0.05, 0.1) is 5.52 Å². The standard InChI is InChI=1S/C27H28N4O2/c32-26-24(30-17-13-19-8-1-3-11-22(19)30)25(27(33)28-26)31-18-20(21-10-2-4-12-23(21)31)9-7-16-29-14-5-6-15-29/h1-4,8,10-12,18H,5-7,9,13-17H2,(H,28,32,33). The fourth-order valence-electron chi connectivity index (χ4n) is 5.61. The molecule has 3 aliphatic heterocycles. The second kappa shape index (κ2) is 8.19. The van der Waals surface area contributed by atoms with Crippen LogP contribution in [0.3, 0.4) is 0 Å². The van der Waals surface area contributed by atoms with E-state index in [1.165, 1.54) is 37.1 Å². The number of anilines is 1. The first-order valence-corrected chi connectivity index (χ1v) is 12.0. The van der Waals surface area contributed by atoms with Crippen molar-refractivity contribution in [1.29, 1.82) is 0 Å². The van der Waals surface area contributed by atoms with Crippen LogP contribution in [0.5, 0.6) is 0 Å². The van der Waals surface area contributed by atoms with Gasteiger partial charge in [-0.05, 0) is 75.0 Å². The summed E-state index contributed by atoms with van der Waals surface area (Å²) in [5, 5.41) is 3.71. The highest BCUT2D eigenvalue weighted by Crippen LogP contribution is 2.36. The third-order valence-electron chi connectivity index (χ3n) is 7.19. The van der Waals surface area contributed by atoms with Crippen LogP contribution in [0.2, 0.25) is 0 Å². The Kier molecular flexibility index (Phi) is 5.03. The van der Waals surface area contributed by atoms with E-state index < -0.39 is 0 Å². The summed E-state index contributed by atoms with van der Waals surface area (Å²) < 4.78 is 1.94. The molecule has 3 aromatic rings. The van der Waals surface area contributed by atoms with Gasteiger partial charge >= 0.3 is 0 Å². The fourth-order valence-corrected chi connectivity index (χ4v) is 5.61. The lowest BCUT2D eigenvalue weighted by molar-refractivity contribution is -0.123. The van der Waals surface area contributed by atoms with Gasteiger partial charge < -0.3 is 14.4 Å². The number of rotatable bonds is 6. The van der Waals surface area contributed by atoms with Crippen molar-refractivity contribution in [1.82, 2.24) is 14.8 Å². The van der Waals surface area contributed by atoms with Gasteiger partial charge in [0.25, 0.3) is 11.8 Å². The van der Waals surface area contributed by atoms with Crippen molar-refractivity contribution in [3.63, 3.8) is 0 Å². The minimum Gasteiger partial charge on any atom is -0.335 e. The molecular weight excluding hydrogens is 412 g/mol. The highest BCUT2D eigenvalue weighted by Gasteiger charge is 2.38. The first-order valence-electron chi connectivity index (χ1n) is 12.0. The molecule has 1 fully saturated rings. The fraction of sp³-hybridized carbons (Fsp3) is 0.333. The van der Waals surface area contributed by atoms with Gasteiger partial charge in [-0.1, -0.05) is 36.4 Å². The molecular formula is C27H28N4O2. The molecule has 4 heterocycles. The average Bonchev–Trinajstić information content (AvgIpc) is 3.60. The molecule has 6 heteroatoms. The number of amides is 2. The Balaban J connectivity index is 1.41. The number of aryl methyl sites for hydroxylation is 1. The first-order chi connectivity index (χ1) is 16.2. The summed E-state index contributed by atoms with van der Waals surface area (Å²) >= 11 is 0. The zero-order chi connectivity index (χ0) is 22.4. The summed E-state index contributed by atoms with van der Waals surface area (Å²) in [5.74, 6) is -0.649. The number of nitrogens with one attached hydrogen (secondary N) is 1. The van der Waals surface area contributed by atoms with Crippen molar-refractivity contribution in [2.75, 3.05) is 31.1 Å². The van der Waals surface area contributed by atoms with Crippen LogP contribution >= 0.6 is 0 Å². The molecule has 2 aromatic carbocycles. The molecule has 1 saturated heterocycles. The van der Waals surface area contributed by atoms with Gasteiger partial charge in [0.15, 0.2) is 0 Å². The number of para-hydroxylation sites is 2. The minimum atomic E-state index is -0.330. The van der Waals surface area contributed by atoms with E-state index in [-0.39, 0.29) is 11.8 Å². The predicted octanol–water partition coefficient (Wildman–Crippen LogP) is 3.56. The molecule has 3 aliphatic rings. The van der Waals surface area contributed by atoms with Crippen molar-refractivity contribution >= 4 is 34.1 Å². The minimum absolute atomic E-state index is 0.319. The van der Waals surface area contributed by atoms with Crippen LogP contribution < -0.4 is 10.2 Å². The number of carbonyl (C=O) groups is 2. The quantitative estimate of drug-likeness (QED) is 0.596. The second-order valence-electron chi connectivity index (χ2n) is 9.20. The van der Waals surface area contributed by atoms with Crippen molar-refractivity contribution < 1.29 is 9.59 Å². The third kappa shape index (κ3) is 3.45. The van der Waals surface area contributed by atoms with Crippen LogP contribution in [-0.2, 0) is 22.4 Å². The molecule has 0 spiro atoms. The largest absolute Gasteiger partial charge is 0.335 e. The Morgan fingerprint density at radius 3 is 2.48 bits per heavy atom. The molecule has 0 saturated carbocycles. The summed E-state index contributed by atoms with van der Waals surface area (Å²) in [5.41, 5.74) is 5.30. The van der Waals surface area contributed by atoms with Gasteiger partial charge in [-0.25, -0.2) is 0 Å². The molecule has 0 aliphatic carbocycles. The van der Waals surface area contributed by atoms with E-state index in [9.17, 15) is 9.59 Å². The van der Waals surface area contributed by atoms with E-state index in [4.69, 9.17) is 0 Å². The maximum Gasteiger partial charge on any atom is 0.277 e. The molecule has 6 rings (SSSR count). The number of hydrogen-bond acceptors (Lipinski definition) is 4. The van der Waals surface area contributed by atoms with Gasteiger partial charge in [-0.2, -0.15) is 0 Å². The maximum atomic E-state index is 13.1. The van der Waals surface area contributed by atoms with E-state index in [2.05, 4.69) is 28.5 Å². The van der Waals surface area contributed by atoms with E-state index in [0.717, 1.165) is 42.4 Å². The first kappa shape index (κ1) is 20.2. The monoisotopic (exact) mass is 440 g/mol. The van der Waals surface area contributed by atoms with Gasteiger partial charge in [0, 0.05) is 23.8 Å². The molecule has 0 radical (unpaired) electrons. The lowest BCUT2D eigenvalue weighted by Crippen LogP contribution is -2.29. The summed E-state index contributed by atoms with van der Waals surface area (Å²) in [6, 6.07) is 16.3. The van der Waals surface area contributed by atoms with Crippen LogP contribution in [0.4, 0.5) is 5.69 Å². The Morgan fingerprint density at radius 1 is 0.848 bits per heavy atom. The number of hydrogen-bond donors (Lipinski definition) is 1. The summed E-state index contributed by atoms with van der Waals surface area (Å²) in [6.07, 6.45) is 7.59. The molecule has 33 heavy (non-hydrogen) atoms. The van der Waals surface area contributed by atoms with Crippen molar-refractivity contribution in [3.05, 3.63) is 71.6 Å². The maximum absolute atomic E-state index is 13.1. The Labute approximate surface area is 193 Å². The average molecular weight is 441 g/mol. The lowest BCUT2D eigenvalue weighted by Gasteiger charge is -2.20. The highest BCUT2D eigenvalue weighted by molar-refractivity contribution is 6.34. The Morgan fingerprint density at radius 2 is 1.61 bits per heavy atom. The van der Waals surface area contributed by atoms with E-state index >= 15 is 0 Å². The highest BCUT2D eigenvalue weighted by atomic mass is 16.2. The number of carbonyl (C=O) groups excluding carboxylic acids is 2. The molecule has 6 nitrogen and oxygen atoms in total. The molecule has 0 atom stereocenters. The van der Waals surface area contributed by atoms with Crippen LogP contribution in [0.25, 0.3) is 16.6 Å². The van der Waals surface area contributed by atoms with Crippen LogP contribution in [0, 0.1) is 0 Å². The number of imide groups is 1. The van der Waals surface area contributed by atoms with Crippen molar-refractivity contribution in [2.24, 2.45) is 0 Å². The van der Waals surface area contributed by atoms with E-state index in [0.29, 0.717) is 17.9 Å². The lowest BCUT2D eigenvalue weighted by atomic mass is 10.1. The normalized spacial score (nSPS) is 18.6. The van der Waals surface area contributed by atoms with E-state index in [1.54, 1.807) is 0 Å². The molecule has 1 aromatic heterocycles. The Hall–Kier alpha value is -3.38. The number of nitrogens with zero attached hydrogens (tertiary/aromatic N) is 3. The zero-order valence-corrected chi connectivity index (χ0v) is 18.7. The summed E-state index contributed by atoms with van der Waals surface area (Å²) in [4.78, 5) is 30.6. The van der Waals surface area contributed by atoms with Crippen LogP contribution in [-0.4, -0.2) is 47.5 Å². The number of likely N-dealkylation sites (tertiary alicyclic amines) is 1. The van der Waals surface area contributed by atoms with Crippen LogP contribution in [0.15, 0.2) is 60.4 Å². The van der Waals surface area contributed by atoms with Crippen molar-refractivity contribution in [2.45, 2.75) is 32.1 Å². The van der Waals surface area contributed by atoms with Gasteiger partial charge in [-0.3, -0.25) is 14.9 Å². The Bertz CT molecular complexity index is 1280. The van der Waals surface area contributed by atoms with Gasteiger partial charge in [-0.15, -0.1) is 0 Å². The topological polar surface area (TPSA) is 57.6 Å². The summed E-state index contributed by atoms with van der Waals surface area (Å²) in [7, 11) is 0. The number of aromatic nitrogens is 1. The SMILES string of the molecule is O=C1NC(=O)C(n2cc(CCCN3CCCC3)c3ccccc32)=C1N1CCc2ccccc21. The third-order valence-corrected chi connectivity index (χ3v) is 7.19.